The number of carbonyl (C=O) groups excluding carboxylic acids is 1. The van der Waals surface area contributed by atoms with Crippen molar-refractivity contribution in [1.29, 1.82) is 0 Å². The first-order valence-corrected chi connectivity index (χ1v) is 5.30. The Morgan fingerprint density at radius 2 is 2.47 bits per heavy atom. The lowest BCUT2D eigenvalue weighted by atomic mass is 10.3. The van der Waals surface area contributed by atoms with E-state index in [9.17, 15) is 4.79 Å². The highest BCUT2D eigenvalue weighted by Gasteiger charge is 2.18. The van der Waals surface area contributed by atoms with Crippen molar-refractivity contribution in [2.75, 3.05) is 7.11 Å². The number of methoxy groups -OCH3 is 1. The topological polar surface area (TPSA) is 55.2 Å². The van der Waals surface area contributed by atoms with Crippen LogP contribution >= 0.6 is 23.6 Å². The van der Waals surface area contributed by atoms with Crippen LogP contribution in [0.4, 0.5) is 0 Å². The highest BCUT2D eigenvalue weighted by molar-refractivity contribution is 7.73. The summed E-state index contributed by atoms with van der Waals surface area (Å²) in [4.78, 5) is 14.9. The van der Waals surface area contributed by atoms with Gasteiger partial charge in [-0.15, -0.1) is 11.3 Å². The van der Waals surface area contributed by atoms with Gasteiger partial charge in [-0.2, -0.15) is 0 Å². The molecule has 4 nitrogen and oxygen atoms in total. The molecule has 0 aliphatic rings. The molecule has 0 unspecified atom stereocenters. The SMILES string of the molecule is COC(=O)c1[nH]c(=S)sc1-c1ccco1. The Morgan fingerprint density at radius 3 is 3.07 bits per heavy atom. The molecule has 0 aromatic carbocycles. The number of furan rings is 1. The molecule has 2 rings (SSSR count). The lowest BCUT2D eigenvalue weighted by Gasteiger charge is -1.97. The number of rotatable bonds is 2. The second-order valence-electron chi connectivity index (χ2n) is 2.69. The van der Waals surface area contributed by atoms with Gasteiger partial charge >= 0.3 is 5.97 Å². The molecule has 0 saturated heterocycles. The second kappa shape index (κ2) is 4.00. The highest BCUT2D eigenvalue weighted by Crippen LogP contribution is 2.29. The van der Waals surface area contributed by atoms with E-state index in [1.807, 2.05) is 0 Å². The molecule has 2 aromatic heterocycles. The molecule has 15 heavy (non-hydrogen) atoms. The third kappa shape index (κ3) is 1.86. The summed E-state index contributed by atoms with van der Waals surface area (Å²) in [6, 6.07) is 3.51. The summed E-state index contributed by atoms with van der Waals surface area (Å²) in [6.45, 7) is 0. The minimum atomic E-state index is -0.450. The molecule has 2 heterocycles. The zero-order valence-corrected chi connectivity index (χ0v) is 9.41. The van der Waals surface area contributed by atoms with E-state index in [4.69, 9.17) is 16.6 Å². The Morgan fingerprint density at radius 1 is 1.67 bits per heavy atom. The van der Waals surface area contributed by atoms with Crippen molar-refractivity contribution in [2.24, 2.45) is 0 Å². The average Bonchev–Trinajstić information content (AvgIpc) is 2.84. The van der Waals surface area contributed by atoms with Crippen LogP contribution in [0, 0.1) is 3.95 Å². The lowest BCUT2D eigenvalue weighted by molar-refractivity contribution is 0.0595. The fourth-order valence-corrected chi connectivity index (χ4v) is 2.30. The number of esters is 1. The van der Waals surface area contributed by atoms with Crippen LogP contribution in [0.15, 0.2) is 22.8 Å². The van der Waals surface area contributed by atoms with Gasteiger partial charge in [0.1, 0.15) is 16.3 Å². The molecule has 0 atom stereocenters. The van der Waals surface area contributed by atoms with Gasteiger partial charge in [0.05, 0.1) is 13.4 Å². The first-order chi connectivity index (χ1) is 7.22. The Balaban J connectivity index is 2.57. The molecule has 1 N–H and O–H groups in total. The van der Waals surface area contributed by atoms with Gasteiger partial charge in [-0.3, -0.25) is 0 Å². The van der Waals surface area contributed by atoms with Gasteiger partial charge in [-0.05, 0) is 24.4 Å². The normalized spacial score (nSPS) is 10.2. The first-order valence-electron chi connectivity index (χ1n) is 4.07. The maximum Gasteiger partial charge on any atom is 0.356 e. The van der Waals surface area contributed by atoms with Crippen molar-refractivity contribution < 1.29 is 13.9 Å². The highest BCUT2D eigenvalue weighted by atomic mass is 32.1. The molecule has 0 amide bonds. The summed E-state index contributed by atoms with van der Waals surface area (Å²) in [5, 5.41) is 0. The largest absolute Gasteiger partial charge is 0.464 e. The second-order valence-corrected chi connectivity index (χ2v) is 4.37. The van der Waals surface area contributed by atoms with Crippen molar-refractivity contribution in [2.45, 2.75) is 0 Å². The Hall–Kier alpha value is -1.40. The Bertz CT molecular complexity index is 524. The van der Waals surface area contributed by atoms with Crippen LogP contribution in [0.25, 0.3) is 10.6 Å². The number of H-pyrrole nitrogens is 1. The summed E-state index contributed by atoms with van der Waals surface area (Å²) in [5.41, 5.74) is 0.336. The van der Waals surface area contributed by atoms with Gasteiger partial charge in [0.25, 0.3) is 0 Å². The van der Waals surface area contributed by atoms with Crippen molar-refractivity contribution in [3.05, 3.63) is 28.0 Å². The van der Waals surface area contributed by atoms with Crippen LogP contribution in [0.5, 0.6) is 0 Å². The summed E-state index contributed by atoms with van der Waals surface area (Å²) >= 11 is 6.26. The number of aromatic nitrogens is 1. The van der Waals surface area contributed by atoms with E-state index in [0.717, 1.165) is 0 Å². The van der Waals surface area contributed by atoms with E-state index in [0.29, 0.717) is 20.3 Å². The molecule has 0 aliphatic heterocycles. The van der Waals surface area contributed by atoms with E-state index in [1.165, 1.54) is 18.4 Å². The maximum absolute atomic E-state index is 11.4. The number of hydrogen-bond acceptors (Lipinski definition) is 5. The predicted molar refractivity (Wildman–Crippen MR) is 58.5 cm³/mol. The molecule has 2 aromatic rings. The number of hydrogen-bond donors (Lipinski definition) is 1. The van der Waals surface area contributed by atoms with Crippen LogP contribution < -0.4 is 0 Å². The summed E-state index contributed by atoms with van der Waals surface area (Å²) in [7, 11) is 1.32. The summed E-state index contributed by atoms with van der Waals surface area (Å²) < 4.78 is 10.4. The average molecular weight is 241 g/mol. The van der Waals surface area contributed by atoms with E-state index < -0.39 is 5.97 Å². The number of carbonyl (C=O) groups is 1. The molecular formula is C9H7NO3S2. The molecule has 0 radical (unpaired) electrons. The van der Waals surface area contributed by atoms with E-state index >= 15 is 0 Å². The summed E-state index contributed by atoms with van der Waals surface area (Å²) in [6.07, 6.45) is 1.54. The third-order valence-corrected chi connectivity index (χ3v) is 3.03. The van der Waals surface area contributed by atoms with Crippen LogP contribution in [0.2, 0.25) is 0 Å². The monoisotopic (exact) mass is 241 g/mol. The summed E-state index contributed by atoms with van der Waals surface area (Å²) in [5.74, 6) is 0.154. The van der Waals surface area contributed by atoms with Crippen molar-refractivity contribution in [1.82, 2.24) is 4.98 Å². The fourth-order valence-electron chi connectivity index (χ4n) is 1.16. The van der Waals surface area contributed by atoms with Gasteiger partial charge in [-0.1, -0.05) is 0 Å². The molecular weight excluding hydrogens is 234 g/mol. The van der Waals surface area contributed by atoms with Crippen molar-refractivity contribution in [3.8, 4) is 10.6 Å². The smallest absolute Gasteiger partial charge is 0.356 e. The lowest BCUT2D eigenvalue weighted by Crippen LogP contribution is -2.02. The first kappa shape index (κ1) is 10.1. The number of nitrogens with one attached hydrogen (secondary N) is 1. The van der Waals surface area contributed by atoms with Crippen LogP contribution in [0.1, 0.15) is 10.5 Å². The van der Waals surface area contributed by atoms with E-state index in [2.05, 4.69) is 9.72 Å². The number of aromatic amines is 1. The molecule has 0 bridgehead atoms. The maximum atomic E-state index is 11.4. The molecule has 0 fully saturated rings. The van der Waals surface area contributed by atoms with Crippen molar-refractivity contribution in [3.63, 3.8) is 0 Å². The molecule has 6 heteroatoms. The zero-order valence-electron chi connectivity index (χ0n) is 7.77. The Labute approximate surface area is 94.5 Å². The van der Waals surface area contributed by atoms with Crippen molar-refractivity contribution >= 4 is 29.5 Å². The van der Waals surface area contributed by atoms with Gasteiger partial charge in [-0.25, -0.2) is 4.79 Å². The quantitative estimate of drug-likeness (QED) is 0.649. The minimum absolute atomic E-state index is 0.336. The molecule has 0 spiro atoms. The number of thiazole rings is 1. The van der Waals surface area contributed by atoms with Gasteiger partial charge in [0.15, 0.2) is 3.95 Å². The fraction of sp³-hybridized carbons (Fsp3) is 0.111. The third-order valence-electron chi connectivity index (χ3n) is 1.78. The van der Waals surface area contributed by atoms with Crippen LogP contribution in [-0.4, -0.2) is 18.1 Å². The molecule has 0 aliphatic carbocycles. The van der Waals surface area contributed by atoms with Gasteiger partial charge < -0.3 is 14.1 Å². The van der Waals surface area contributed by atoms with Crippen LogP contribution in [-0.2, 0) is 4.74 Å². The minimum Gasteiger partial charge on any atom is -0.464 e. The van der Waals surface area contributed by atoms with E-state index in [1.54, 1.807) is 18.4 Å². The zero-order chi connectivity index (χ0) is 10.8. The van der Waals surface area contributed by atoms with Gasteiger partial charge in [0.2, 0.25) is 0 Å². The predicted octanol–water partition coefficient (Wildman–Crippen LogP) is 2.85. The molecule has 78 valence electrons. The Kier molecular flexibility index (Phi) is 2.70. The van der Waals surface area contributed by atoms with Gasteiger partial charge in [0, 0.05) is 0 Å². The number of ether oxygens (including phenoxy) is 1. The van der Waals surface area contributed by atoms with Crippen LogP contribution in [0.3, 0.4) is 0 Å². The van der Waals surface area contributed by atoms with E-state index in [-0.39, 0.29) is 0 Å². The molecule has 0 saturated carbocycles. The standard InChI is InChI=1S/C9H7NO3S2/c1-12-8(11)6-7(15-9(14)10-6)5-3-2-4-13-5/h2-4H,1H3,(H,10,14).